The summed E-state index contributed by atoms with van der Waals surface area (Å²) in [5, 5.41) is 3.06. The summed E-state index contributed by atoms with van der Waals surface area (Å²) in [6, 6.07) is 13.9. The monoisotopic (exact) mass is 393 g/mol. The van der Waals surface area contributed by atoms with Gasteiger partial charge in [-0.1, -0.05) is 36.4 Å². The molecule has 3 rings (SSSR count). The summed E-state index contributed by atoms with van der Waals surface area (Å²) >= 11 is 0. The van der Waals surface area contributed by atoms with E-state index < -0.39 is 0 Å². The summed E-state index contributed by atoms with van der Waals surface area (Å²) in [4.78, 5) is 29.5. The van der Waals surface area contributed by atoms with Gasteiger partial charge in [-0.3, -0.25) is 14.5 Å². The van der Waals surface area contributed by atoms with Crippen LogP contribution in [0.4, 0.5) is 5.69 Å². The Morgan fingerprint density at radius 1 is 0.966 bits per heavy atom. The van der Waals surface area contributed by atoms with Crippen LogP contribution in [-0.4, -0.2) is 53.8 Å². The van der Waals surface area contributed by atoms with Gasteiger partial charge in [0.2, 0.25) is 11.8 Å². The molecule has 1 atom stereocenters. The normalized spacial score (nSPS) is 15.8. The molecule has 1 heterocycles. The second-order valence-corrected chi connectivity index (χ2v) is 8.00. The van der Waals surface area contributed by atoms with E-state index in [9.17, 15) is 9.59 Å². The van der Waals surface area contributed by atoms with Gasteiger partial charge < -0.3 is 10.2 Å². The third kappa shape index (κ3) is 5.24. The van der Waals surface area contributed by atoms with Crippen molar-refractivity contribution in [1.82, 2.24) is 9.80 Å². The maximum atomic E-state index is 12.7. The molecule has 2 aromatic rings. The Balaban J connectivity index is 1.53. The second-order valence-electron chi connectivity index (χ2n) is 8.00. The van der Waals surface area contributed by atoms with Crippen molar-refractivity contribution >= 4 is 17.5 Å². The summed E-state index contributed by atoms with van der Waals surface area (Å²) < 4.78 is 0. The molecule has 1 fully saturated rings. The van der Waals surface area contributed by atoms with Crippen molar-refractivity contribution in [2.24, 2.45) is 0 Å². The highest BCUT2D eigenvalue weighted by molar-refractivity contribution is 5.95. The lowest BCUT2D eigenvalue weighted by Crippen LogP contribution is -2.54. The number of nitrogens with zero attached hydrogens (tertiary/aromatic N) is 2. The van der Waals surface area contributed by atoms with Gasteiger partial charge in [-0.25, -0.2) is 0 Å². The Hall–Kier alpha value is -2.66. The quantitative estimate of drug-likeness (QED) is 0.848. The van der Waals surface area contributed by atoms with E-state index in [0.29, 0.717) is 32.6 Å². The van der Waals surface area contributed by atoms with E-state index in [-0.39, 0.29) is 17.9 Å². The predicted molar refractivity (Wildman–Crippen MR) is 117 cm³/mol. The first kappa shape index (κ1) is 21.1. The molecule has 0 spiro atoms. The number of aryl methyl sites for hydroxylation is 3. The van der Waals surface area contributed by atoms with Gasteiger partial charge in [-0.05, 0) is 56.0 Å². The Morgan fingerprint density at radius 2 is 1.66 bits per heavy atom. The number of anilines is 1. The van der Waals surface area contributed by atoms with E-state index in [4.69, 9.17) is 0 Å². The molecule has 1 N–H and O–H groups in total. The number of rotatable bonds is 5. The zero-order valence-electron chi connectivity index (χ0n) is 17.9. The predicted octanol–water partition coefficient (Wildman–Crippen LogP) is 3.33. The zero-order valence-corrected chi connectivity index (χ0v) is 17.9. The van der Waals surface area contributed by atoms with Crippen molar-refractivity contribution < 1.29 is 9.59 Å². The fourth-order valence-corrected chi connectivity index (χ4v) is 3.72. The lowest BCUT2D eigenvalue weighted by atomic mass is 10.0. The molecule has 5 heteroatoms. The van der Waals surface area contributed by atoms with E-state index in [2.05, 4.69) is 10.2 Å². The number of carbonyl (C=O) groups is 2. The Morgan fingerprint density at radius 3 is 2.34 bits per heavy atom. The average Bonchev–Trinajstić information content (AvgIpc) is 2.72. The van der Waals surface area contributed by atoms with Gasteiger partial charge in [-0.2, -0.15) is 0 Å². The molecule has 1 aliphatic rings. The van der Waals surface area contributed by atoms with Gasteiger partial charge >= 0.3 is 0 Å². The van der Waals surface area contributed by atoms with Crippen LogP contribution in [0, 0.1) is 20.8 Å². The Bertz CT molecular complexity index is 885. The highest BCUT2D eigenvalue weighted by Gasteiger charge is 2.27. The number of benzene rings is 2. The van der Waals surface area contributed by atoms with Crippen LogP contribution in [0.1, 0.15) is 29.2 Å². The molecule has 1 unspecified atom stereocenters. The molecule has 0 aromatic heterocycles. The molecule has 0 radical (unpaired) electrons. The van der Waals surface area contributed by atoms with E-state index in [1.54, 1.807) is 0 Å². The van der Waals surface area contributed by atoms with Crippen LogP contribution < -0.4 is 5.32 Å². The second kappa shape index (κ2) is 9.23. The molecule has 5 nitrogen and oxygen atoms in total. The van der Waals surface area contributed by atoms with Crippen LogP contribution in [0.5, 0.6) is 0 Å². The lowest BCUT2D eigenvalue weighted by molar-refractivity contribution is -0.133. The van der Waals surface area contributed by atoms with Crippen molar-refractivity contribution in [2.45, 2.75) is 40.2 Å². The Labute approximate surface area is 173 Å². The van der Waals surface area contributed by atoms with Crippen molar-refractivity contribution in [3.8, 4) is 0 Å². The molecular weight excluding hydrogens is 362 g/mol. The molecule has 1 saturated heterocycles. The third-order valence-electron chi connectivity index (χ3n) is 5.85. The minimum Gasteiger partial charge on any atom is -0.340 e. The average molecular weight is 394 g/mol. The number of nitrogens with one attached hydrogen (secondary N) is 1. The van der Waals surface area contributed by atoms with E-state index in [0.717, 1.165) is 27.9 Å². The van der Waals surface area contributed by atoms with E-state index >= 15 is 0 Å². The Kier molecular flexibility index (Phi) is 6.70. The van der Waals surface area contributed by atoms with Crippen molar-refractivity contribution in [3.63, 3.8) is 0 Å². The van der Waals surface area contributed by atoms with Crippen molar-refractivity contribution in [2.75, 3.05) is 31.5 Å². The van der Waals surface area contributed by atoms with Crippen LogP contribution in [0.3, 0.4) is 0 Å². The SMILES string of the molecule is Cc1ccc(C)c(NC(=O)C(C)N2CCN(C(=O)Cc3ccccc3C)CC2)c1. The molecule has 0 saturated carbocycles. The minimum atomic E-state index is -0.233. The summed E-state index contributed by atoms with van der Waals surface area (Å²) in [5.74, 6) is 0.157. The minimum absolute atomic E-state index is 0.00149. The summed E-state index contributed by atoms with van der Waals surface area (Å²) in [7, 11) is 0. The number of carbonyl (C=O) groups excluding carboxylic acids is 2. The topological polar surface area (TPSA) is 52.7 Å². The maximum absolute atomic E-state index is 12.7. The molecule has 2 aromatic carbocycles. The molecule has 0 aliphatic carbocycles. The van der Waals surface area contributed by atoms with Gasteiger partial charge in [0.05, 0.1) is 12.5 Å². The van der Waals surface area contributed by atoms with Crippen LogP contribution in [0.25, 0.3) is 0 Å². The summed E-state index contributed by atoms with van der Waals surface area (Å²) in [5.41, 5.74) is 5.29. The van der Waals surface area contributed by atoms with Crippen LogP contribution >= 0.6 is 0 Å². The molecular formula is C24H31N3O2. The van der Waals surface area contributed by atoms with Gasteiger partial charge in [0.1, 0.15) is 0 Å². The molecule has 0 bridgehead atoms. The summed E-state index contributed by atoms with van der Waals surface area (Å²) in [6.07, 6.45) is 0.440. The standard InChI is InChI=1S/C24H31N3O2/c1-17-9-10-19(3)22(15-17)25-24(29)20(4)26-11-13-27(14-12-26)23(28)16-21-8-6-5-7-18(21)2/h5-10,15,20H,11-14,16H2,1-4H3,(H,25,29). The van der Waals surface area contributed by atoms with Gasteiger partial charge in [0, 0.05) is 31.9 Å². The highest BCUT2D eigenvalue weighted by atomic mass is 16.2. The van der Waals surface area contributed by atoms with Crippen LogP contribution in [-0.2, 0) is 16.0 Å². The van der Waals surface area contributed by atoms with E-state index in [1.807, 2.05) is 75.1 Å². The fraction of sp³-hybridized carbons (Fsp3) is 0.417. The number of hydrogen-bond acceptors (Lipinski definition) is 3. The lowest BCUT2D eigenvalue weighted by Gasteiger charge is -2.37. The maximum Gasteiger partial charge on any atom is 0.241 e. The van der Waals surface area contributed by atoms with Crippen molar-refractivity contribution in [1.29, 1.82) is 0 Å². The van der Waals surface area contributed by atoms with Gasteiger partial charge in [-0.15, -0.1) is 0 Å². The smallest absolute Gasteiger partial charge is 0.241 e. The van der Waals surface area contributed by atoms with Gasteiger partial charge in [0.25, 0.3) is 0 Å². The molecule has 1 aliphatic heterocycles. The first-order valence-corrected chi connectivity index (χ1v) is 10.3. The molecule has 154 valence electrons. The number of piperazine rings is 1. The van der Waals surface area contributed by atoms with Crippen molar-refractivity contribution in [3.05, 3.63) is 64.7 Å². The first-order valence-electron chi connectivity index (χ1n) is 10.3. The fourth-order valence-electron chi connectivity index (χ4n) is 3.72. The molecule has 2 amide bonds. The van der Waals surface area contributed by atoms with Gasteiger partial charge in [0.15, 0.2) is 0 Å². The first-order chi connectivity index (χ1) is 13.8. The van der Waals surface area contributed by atoms with E-state index in [1.165, 1.54) is 0 Å². The highest BCUT2D eigenvalue weighted by Crippen LogP contribution is 2.18. The van der Waals surface area contributed by atoms with Crippen LogP contribution in [0.15, 0.2) is 42.5 Å². The third-order valence-corrected chi connectivity index (χ3v) is 5.85. The van der Waals surface area contributed by atoms with Crippen LogP contribution in [0.2, 0.25) is 0 Å². The largest absolute Gasteiger partial charge is 0.340 e. The molecule has 29 heavy (non-hydrogen) atoms. The summed E-state index contributed by atoms with van der Waals surface area (Å²) in [6.45, 7) is 10.7. The number of hydrogen-bond donors (Lipinski definition) is 1. The zero-order chi connectivity index (χ0) is 21.0. The number of amides is 2.